The Labute approximate surface area is 67.2 Å². The number of fused-ring (bicyclic) bond motifs is 2. The van der Waals surface area contributed by atoms with Gasteiger partial charge in [-0.15, -0.1) is 0 Å². The monoisotopic (exact) mass is 156 g/mol. The van der Waals surface area contributed by atoms with E-state index in [9.17, 15) is 10.2 Å². The van der Waals surface area contributed by atoms with Crippen LogP contribution in [0, 0.1) is 5.92 Å². The standard InChI is InChI=1S/C9H16O2/c10-8-4-7-2-1-3-9(11,5-7)6-8/h7-8,10-11H,1-6H2/t7-,8+,9+/m1/s1. The molecule has 2 bridgehead atoms. The van der Waals surface area contributed by atoms with Crippen LogP contribution in [0.4, 0.5) is 0 Å². The predicted molar refractivity (Wildman–Crippen MR) is 42.1 cm³/mol. The summed E-state index contributed by atoms with van der Waals surface area (Å²) in [4.78, 5) is 0. The van der Waals surface area contributed by atoms with Gasteiger partial charge < -0.3 is 10.2 Å². The lowest BCUT2D eigenvalue weighted by molar-refractivity contribution is -0.0906. The first kappa shape index (κ1) is 7.56. The number of aliphatic hydroxyl groups is 2. The molecule has 0 unspecified atom stereocenters. The molecule has 3 atom stereocenters. The van der Waals surface area contributed by atoms with E-state index >= 15 is 0 Å². The number of aliphatic hydroxyl groups excluding tert-OH is 1. The minimum atomic E-state index is -0.499. The second-order valence-electron chi connectivity index (χ2n) is 4.28. The van der Waals surface area contributed by atoms with Crippen molar-refractivity contribution in [3.8, 4) is 0 Å². The van der Waals surface area contributed by atoms with Crippen LogP contribution in [0.3, 0.4) is 0 Å². The van der Waals surface area contributed by atoms with Crippen LogP contribution in [-0.2, 0) is 0 Å². The van der Waals surface area contributed by atoms with Crippen molar-refractivity contribution in [3.63, 3.8) is 0 Å². The highest BCUT2D eigenvalue weighted by Crippen LogP contribution is 2.42. The van der Waals surface area contributed by atoms with Crippen molar-refractivity contribution < 1.29 is 10.2 Å². The molecule has 2 aliphatic carbocycles. The quantitative estimate of drug-likeness (QED) is 0.550. The predicted octanol–water partition coefficient (Wildman–Crippen LogP) is 1.06. The molecule has 11 heavy (non-hydrogen) atoms. The van der Waals surface area contributed by atoms with Gasteiger partial charge in [0.1, 0.15) is 0 Å². The topological polar surface area (TPSA) is 40.5 Å². The molecule has 2 aliphatic rings. The molecular formula is C9H16O2. The Morgan fingerprint density at radius 1 is 1.27 bits per heavy atom. The molecule has 0 saturated heterocycles. The average Bonchev–Trinajstić information content (AvgIpc) is 1.82. The first-order chi connectivity index (χ1) is 5.18. The second kappa shape index (κ2) is 2.46. The molecule has 2 heteroatoms. The van der Waals surface area contributed by atoms with Crippen LogP contribution >= 0.6 is 0 Å². The molecule has 2 rings (SSSR count). The van der Waals surface area contributed by atoms with Crippen LogP contribution in [0.5, 0.6) is 0 Å². The van der Waals surface area contributed by atoms with E-state index < -0.39 is 5.60 Å². The highest BCUT2D eigenvalue weighted by atomic mass is 16.3. The van der Waals surface area contributed by atoms with Crippen LogP contribution in [-0.4, -0.2) is 21.9 Å². The molecule has 0 aromatic heterocycles. The van der Waals surface area contributed by atoms with Crippen LogP contribution in [0.25, 0.3) is 0 Å². The summed E-state index contributed by atoms with van der Waals surface area (Å²) in [6, 6.07) is 0. The zero-order chi connectivity index (χ0) is 7.90. The Balaban J connectivity index is 2.09. The molecule has 2 saturated carbocycles. The van der Waals surface area contributed by atoms with Crippen LogP contribution in [0.15, 0.2) is 0 Å². The summed E-state index contributed by atoms with van der Waals surface area (Å²) in [6.07, 6.45) is 5.49. The number of hydrogen-bond donors (Lipinski definition) is 2. The fraction of sp³-hybridized carbons (Fsp3) is 1.00. The molecule has 0 aromatic carbocycles. The SMILES string of the molecule is O[C@H]1C[C@H]2CCC[C@@](O)(C1)C2. The van der Waals surface area contributed by atoms with E-state index in [1.54, 1.807) is 0 Å². The number of rotatable bonds is 0. The van der Waals surface area contributed by atoms with E-state index in [0.29, 0.717) is 12.3 Å². The second-order valence-corrected chi connectivity index (χ2v) is 4.28. The summed E-state index contributed by atoms with van der Waals surface area (Å²) in [5, 5.41) is 19.3. The summed E-state index contributed by atoms with van der Waals surface area (Å²) >= 11 is 0. The molecule has 2 fully saturated rings. The average molecular weight is 156 g/mol. The van der Waals surface area contributed by atoms with E-state index in [1.807, 2.05) is 0 Å². The van der Waals surface area contributed by atoms with Gasteiger partial charge in [-0.1, -0.05) is 12.8 Å². The van der Waals surface area contributed by atoms with Gasteiger partial charge in [0, 0.05) is 6.42 Å². The van der Waals surface area contributed by atoms with Crippen LogP contribution < -0.4 is 0 Å². The van der Waals surface area contributed by atoms with Crippen LogP contribution in [0.2, 0.25) is 0 Å². The van der Waals surface area contributed by atoms with E-state index in [1.165, 1.54) is 6.42 Å². The fourth-order valence-corrected chi connectivity index (χ4v) is 2.75. The first-order valence-corrected chi connectivity index (χ1v) is 4.58. The Morgan fingerprint density at radius 3 is 2.82 bits per heavy atom. The minimum Gasteiger partial charge on any atom is -0.393 e. The van der Waals surface area contributed by atoms with Gasteiger partial charge in [-0.2, -0.15) is 0 Å². The van der Waals surface area contributed by atoms with E-state index in [2.05, 4.69) is 0 Å². The number of hydrogen-bond acceptors (Lipinski definition) is 2. The fourth-order valence-electron chi connectivity index (χ4n) is 2.75. The Kier molecular flexibility index (Phi) is 1.69. The van der Waals surface area contributed by atoms with Crippen molar-refractivity contribution in [1.82, 2.24) is 0 Å². The maximum Gasteiger partial charge on any atom is 0.0675 e. The van der Waals surface area contributed by atoms with Gasteiger partial charge in [-0.05, 0) is 25.2 Å². The van der Waals surface area contributed by atoms with Crippen molar-refractivity contribution >= 4 is 0 Å². The Hall–Kier alpha value is -0.0800. The molecule has 2 N–H and O–H groups in total. The lowest BCUT2D eigenvalue weighted by atomic mass is 9.68. The van der Waals surface area contributed by atoms with Crippen molar-refractivity contribution in [3.05, 3.63) is 0 Å². The molecular weight excluding hydrogens is 140 g/mol. The molecule has 0 heterocycles. The van der Waals surface area contributed by atoms with Crippen LogP contribution in [0.1, 0.15) is 38.5 Å². The Bertz CT molecular complexity index is 154. The van der Waals surface area contributed by atoms with E-state index in [-0.39, 0.29) is 6.10 Å². The summed E-state index contributed by atoms with van der Waals surface area (Å²) in [6.45, 7) is 0. The summed E-state index contributed by atoms with van der Waals surface area (Å²) < 4.78 is 0. The van der Waals surface area contributed by atoms with Crippen molar-refractivity contribution in [1.29, 1.82) is 0 Å². The third kappa shape index (κ3) is 1.42. The van der Waals surface area contributed by atoms with E-state index in [4.69, 9.17) is 0 Å². The van der Waals surface area contributed by atoms with Gasteiger partial charge >= 0.3 is 0 Å². The van der Waals surface area contributed by atoms with Gasteiger partial charge in [0.25, 0.3) is 0 Å². The minimum absolute atomic E-state index is 0.237. The first-order valence-electron chi connectivity index (χ1n) is 4.58. The molecule has 0 spiro atoms. The largest absolute Gasteiger partial charge is 0.393 e. The molecule has 0 radical (unpaired) electrons. The van der Waals surface area contributed by atoms with Gasteiger partial charge in [-0.3, -0.25) is 0 Å². The molecule has 0 aromatic rings. The molecule has 0 amide bonds. The summed E-state index contributed by atoms with van der Waals surface area (Å²) in [5.74, 6) is 0.595. The lowest BCUT2D eigenvalue weighted by Crippen LogP contribution is -2.44. The van der Waals surface area contributed by atoms with Gasteiger partial charge in [-0.25, -0.2) is 0 Å². The van der Waals surface area contributed by atoms with E-state index in [0.717, 1.165) is 25.7 Å². The molecule has 0 aliphatic heterocycles. The van der Waals surface area contributed by atoms with Gasteiger partial charge in [0.05, 0.1) is 11.7 Å². The zero-order valence-corrected chi connectivity index (χ0v) is 6.79. The highest BCUT2D eigenvalue weighted by molar-refractivity contribution is 4.93. The summed E-state index contributed by atoms with van der Waals surface area (Å²) in [5.41, 5.74) is -0.499. The maximum atomic E-state index is 9.91. The third-order valence-corrected chi connectivity index (χ3v) is 3.14. The van der Waals surface area contributed by atoms with Gasteiger partial charge in [0.2, 0.25) is 0 Å². The summed E-state index contributed by atoms with van der Waals surface area (Å²) in [7, 11) is 0. The molecule has 64 valence electrons. The van der Waals surface area contributed by atoms with Crippen molar-refractivity contribution in [2.24, 2.45) is 5.92 Å². The van der Waals surface area contributed by atoms with Gasteiger partial charge in [0.15, 0.2) is 0 Å². The smallest absolute Gasteiger partial charge is 0.0675 e. The zero-order valence-electron chi connectivity index (χ0n) is 6.79. The van der Waals surface area contributed by atoms with Crippen molar-refractivity contribution in [2.75, 3.05) is 0 Å². The molecule has 2 nitrogen and oxygen atoms in total. The lowest BCUT2D eigenvalue weighted by Gasteiger charge is -2.43. The maximum absolute atomic E-state index is 9.91. The normalized spacial score (nSPS) is 50.7. The highest BCUT2D eigenvalue weighted by Gasteiger charge is 2.40. The third-order valence-electron chi connectivity index (χ3n) is 3.14. The Morgan fingerprint density at radius 2 is 2.09 bits per heavy atom. The van der Waals surface area contributed by atoms with Crippen molar-refractivity contribution in [2.45, 2.75) is 50.2 Å².